The molecule has 2 aromatic rings. The molecule has 0 saturated heterocycles. The van der Waals surface area contributed by atoms with Crippen molar-refractivity contribution in [2.45, 2.75) is 26.9 Å². The lowest BCUT2D eigenvalue weighted by atomic mass is 10.2. The van der Waals surface area contributed by atoms with E-state index < -0.39 is 0 Å². The molecule has 0 atom stereocenters. The van der Waals surface area contributed by atoms with Crippen molar-refractivity contribution in [2.75, 3.05) is 18.5 Å². The van der Waals surface area contributed by atoms with Gasteiger partial charge in [-0.3, -0.25) is 4.68 Å². The molecule has 0 unspecified atom stereocenters. The fraction of sp³-hybridized carbons (Fsp3) is 0.571. The molecule has 0 aliphatic rings. The molecule has 110 valence electrons. The Labute approximate surface area is 124 Å². The van der Waals surface area contributed by atoms with Crippen LogP contribution in [-0.2, 0) is 20.1 Å². The maximum Gasteiger partial charge on any atom is 0.185 e. The van der Waals surface area contributed by atoms with Gasteiger partial charge >= 0.3 is 0 Å². The number of aromatic nitrogens is 3. The molecule has 0 fully saturated rings. The Bertz CT molecular complexity index is 531. The third-order valence-corrected chi connectivity index (χ3v) is 3.91. The monoisotopic (exact) mass is 293 g/mol. The van der Waals surface area contributed by atoms with Gasteiger partial charge in [0, 0.05) is 44.3 Å². The molecule has 2 heterocycles. The molecule has 6 heteroatoms. The minimum Gasteiger partial charge on any atom is -0.347 e. The second-order valence-electron chi connectivity index (χ2n) is 5.52. The Hall–Kier alpha value is -1.40. The zero-order valence-corrected chi connectivity index (χ0v) is 13.4. The van der Waals surface area contributed by atoms with Crippen molar-refractivity contribution in [3.05, 3.63) is 29.0 Å². The molecule has 0 aliphatic heterocycles. The Morgan fingerprint density at radius 1 is 1.45 bits per heavy atom. The van der Waals surface area contributed by atoms with Crippen molar-refractivity contribution in [1.82, 2.24) is 20.1 Å². The zero-order valence-electron chi connectivity index (χ0n) is 12.6. The average Bonchev–Trinajstić information content (AvgIpc) is 2.98. The lowest BCUT2D eigenvalue weighted by Crippen LogP contribution is -2.19. The Morgan fingerprint density at radius 2 is 2.25 bits per heavy atom. The fourth-order valence-corrected chi connectivity index (χ4v) is 2.73. The molecule has 0 aromatic carbocycles. The Morgan fingerprint density at radius 3 is 2.90 bits per heavy atom. The summed E-state index contributed by atoms with van der Waals surface area (Å²) < 4.78 is 1.83. The van der Waals surface area contributed by atoms with E-state index >= 15 is 0 Å². The van der Waals surface area contributed by atoms with Crippen molar-refractivity contribution < 1.29 is 0 Å². The molecule has 1 N–H and O–H groups in total. The predicted octanol–water partition coefficient (Wildman–Crippen LogP) is 2.26. The molecule has 20 heavy (non-hydrogen) atoms. The van der Waals surface area contributed by atoms with Crippen LogP contribution >= 0.6 is 11.3 Å². The van der Waals surface area contributed by atoms with Crippen LogP contribution in [0.2, 0.25) is 0 Å². The molecule has 2 rings (SSSR count). The first-order valence-electron chi connectivity index (χ1n) is 6.88. The van der Waals surface area contributed by atoms with Crippen molar-refractivity contribution in [3.63, 3.8) is 0 Å². The summed E-state index contributed by atoms with van der Waals surface area (Å²) in [6.07, 6.45) is 3.93. The van der Waals surface area contributed by atoms with Crippen molar-refractivity contribution in [3.8, 4) is 0 Å². The van der Waals surface area contributed by atoms with Crippen molar-refractivity contribution in [1.29, 1.82) is 0 Å². The van der Waals surface area contributed by atoms with E-state index in [2.05, 4.69) is 46.6 Å². The topological polar surface area (TPSA) is 46.0 Å². The van der Waals surface area contributed by atoms with Crippen LogP contribution in [0.3, 0.4) is 0 Å². The van der Waals surface area contributed by atoms with Crippen LogP contribution < -0.4 is 10.2 Å². The molecule has 0 spiro atoms. The highest BCUT2D eigenvalue weighted by Gasteiger charge is 2.08. The number of anilines is 1. The second-order valence-corrected chi connectivity index (χ2v) is 6.36. The number of thiazole rings is 1. The van der Waals surface area contributed by atoms with Crippen LogP contribution in [0.15, 0.2) is 17.8 Å². The van der Waals surface area contributed by atoms with Crippen LogP contribution in [0, 0.1) is 5.92 Å². The normalized spacial score (nSPS) is 11.2. The van der Waals surface area contributed by atoms with Crippen LogP contribution in [0.5, 0.6) is 0 Å². The molecule has 0 aliphatic carbocycles. The molecule has 0 saturated carbocycles. The number of aryl methyl sites for hydroxylation is 1. The minimum atomic E-state index is 0.668. The zero-order chi connectivity index (χ0) is 14.5. The van der Waals surface area contributed by atoms with Crippen LogP contribution in [0.1, 0.15) is 25.1 Å². The van der Waals surface area contributed by atoms with E-state index in [9.17, 15) is 0 Å². The summed E-state index contributed by atoms with van der Waals surface area (Å²) in [7, 11) is 4.00. The highest BCUT2D eigenvalue weighted by Crippen LogP contribution is 2.20. The first-order chi connectivity index (χ1) is 9.54. The van der Waals surface area contributed by atoms with E-state index in [0.29, 0.717) is 5.92 Å². The summed E-state index contributed by atoms with van der Waals surface area (Å²) >= 11 is 1.69. The minimum absolute atomic E-state index is 0.668. The van der Waals surface area contributed by atoms with Gasteiger partial charge in [0.25, 0.3) is 0 Å². The van der Waals surface area contributed by atoms with E-state index in [-0.39, 0.29) is 0 Å². The molecular weight excluding hydrogens is 270 g/mol. The van der Waals surface area contributed by atoms with Crippen molar-refractivity contribution >= 4 is 16.5 Å². The smallest absolute Gasteiger partial charge is 0.185 e. The average molecular weight is 293 g/mol. The van der Waals surface area contributed by atoms with Gasteiger partial charge in [0.1, 0.15) is 0 Å². The summed E-state index contributed by atoms with van der Waals surface area (Å²) in [5.41, 5.74) is 2.31. The van der Waals surface area contributed by atoms with Gasteiger partial charge in [0.15, 0.2) is 5.13 Å². The maximum atomic E-state index is 4.66. The number of hydrogen-bond acceptors (Lipinski definition) is 5. The van der Waals surface area contributed by atoms with Gasteiger partial charge in [0.05, 0.1) is 11.9 Å². The van der Waals surface area contributed by atoms with Gasteiger partial charge in [-0.15, -0.1) is 11.3 Å². The fourth-order valence-electron chi connectivity index (χ4n) is 1.94. The lowest BCUT2D eigenvalue weighted by molar-refractivity contribution is 0.549. The van der Waals surface area contributed by atoms with E-state index in [1.165, 1.54) is 5.56 Å². The second kappa shape index (κ2) is 6.85. The SMILES string of the molecule is CC(C)CNCc1csc(N(C)Cc2cnn(C)c2)n1. The summed E-state index contributed by atoms with van der Waals surface area (Å²) in [5.74, 6) is 0.668. The quantitative estimate of drug-likeness (QED) is 0.850. The summed E-state index contributed by atoms with van der Waals surface area (Å²) in [4.78, 5) is 6.83. The summed E-state index contributed by atoms with van der Waals surface area (Å²) in [5, 5.41) is 10.8. The number of rotatable bonds is 7. The highest BCUT2D eigenvalue weighted by molar-refractivity contribution is 7.13. The largest absolute Gasteiger partial charge is 0.347 e. The summed E-state index contributed by atoms with van der Waals surface area (Å²) in [6.45, 7) is 7.12. The van der Waals surface area contributed by atoms with Gasteiger partial charge in [-0.25, -0.2) is 4.98 Å². The van der Waals surface area contributed by atoms with Gasteiger partial charge in [0.2, 0.25) is 0 Å². The predicted molar refractivity (Wildman–Crippen MR) is 84.0 cm³/mol. The van der Waals surface area contributed by atoms with E-state index in [1.54, 1.807) is 11.3 Å². The maximum absolute atomic E-state index is 4.66. The lowest BCUT2D eigenvalue weighted by Gasteiger charge is -2.14. The van der Waals surface area contributed by atoms with Gasteiger partial charge in [-0.2, -0.15) is 5.10 Å². The Balaban J connectivity index is 1.87. The molecular formula is C14H23N5S. The molecule has 2 aromatic heterocycles. The van der Waals surface area contributed by atoms with Gasteiger partial charge in [-0.1, -0.05) is 13.8 Å². The van der Waals surface area contributed by atoms with Crippen LogP contribution in [0.4, 0.5) is 5.13 Å². The third-order valence-electron chi connectivity index (χ3n) is 2.90. The third kappa shape index (κ3) is 4.31. The molecule has 0 amide bonds. The molecule has 0 bridgehead atoms. The van der Waals surface area contributed by atoms with E-state index in [0.717, 1.165) is 30.5 Å². The number of nitrogens with zero attached hydrogens (tertiary/aromatic N) is 4. The van der Waals surface area contributed by atoms with Gasteiger partial charge < -0.3 is 10.2 Å². The standard InChI is InChI=1S/C14H23N5S/c1-11(2)5-15-7-13-10-20-14(17-13)18(3)8-12-6-16-19(4)9-12/h6,9-11,15H,5,7-8H2,1-4H3. The van der Waals surface area contributed by atoms with Crippen LogP contribution in [-0.4, -0.2) is 28.4 Å². The highest BCUT2D eigenvalue weighted by atomic mass is 32.1. The van der Waals surface area contributed by atoms with Crippen LogP contribution in [0.25, 0.3) is 0 Å². The molecule has 5 nitrogen and oxygen atoms in total. The van der Waals surface area contributed by atoms with Crippen molar-refractivity contribution in [2.24, 2.45) is 13.0 Å². The molecule has 0 radical (unpaired) electrons. The summed E-state index contributed by atoms with van der Waals surface area (Å²) in [6, 6.07) is 0. The first kappa shape index (κ1) is 15.0. The van der Waals surface area contributed by atoms with E-state index in [4.69, 9.17) is 0 Å². The van der Waals surface area contributed by atoms with Gasteiger partial charge in [-0.05, 0) is 12.5 Å². The number of nitrogens with one attached hydrogen (secondary N) is 1. The first-order valence-corrected chi connectivity index (χ1v) is 7.76. The number of hydrogen-bond donors (Lipinski definition) is 1. The van der Waals surface area contributed by atoms with E-state index in [1.807, 2.05) is 24.1 Å². The Kier molecular flexibility index (Phi) is 5.14.